The van der Waals surface area contributed by atoms with Crippen LogP contribution in [0.15, 0.2) is 0 Å². The van der Waals surface area contributed by atoms with E-state index in [0.29, 0.717) is 6.10 Å². The minimum Gasteiger partial charge on any atom is -0.394 e. The lowest BCUT2D eigenvalue weighted by Crippen LogP contribution is -1.98. The van der Waals surface area contributed by atoms with Gasteiger partial charge in [0.15, 0.2) is 0 Å². The molecule has 0 unspecified atom stereocenters. The van der Waals surface area contributed by atoms with Crippen molar-refractivity contribution in [1.29, 1.82) is 0 Å². The van der Waals surface area contributed by atoms with Crippen LogP contribution in [-0.2, 0) is 4.74 Å². The van der Waals surface area contributed by atoms with E-state index in [1.54, 1.807) is 0 Å². The molecule has 1 saturated heterocycles. The smallest absolute Gasteiger partial charge is 0.107 e. The standard InChI is InChI=1S/C18H36O2/c1-2-3-4-5-6-7-8-9-10-11-12-13-14-15-17-18(16-19)20-17/h17-19H,2-16H2,1H3/t17-,18-/m1/s1. The van der Waals surface area contributed by atoms with E-state index in [1.165, 1.54) is 83.5 Å². The van der Waals surface area contributed by atoms with Crippen molar-refractivity contribution in [3.05, 3.63) is 0 Å². The molecule has 1 N–H and O–H groups in total. The van der Waals surface area contributed by atoms with Crippen LogP contribution in [0.1, 0.15) is 96.8 Å². The van der Waals surface area contributed by atoms with E-state index >= 15 is 0 Å². The van der Waals surface area contributed by atoms with Gasteiger partial charge in [0.2, 0.25) is 0 Å². The van der Waals surface area contributed by atoms with Crippen molar-refractivity contribution in [3.63, 3.8) is 0 Å². The summed E-state index contributed by atoms with van der Waals surface area (Å²) >= 11 is 0. The summed E-state index contributed by atoms with van der Waals surface area (Å²) in [6, 6.07) is 0. The Balaban J connectivity index is 1.65. The van der Waals surface area contributed by atoms with Gasteiger partial charge in [0.1, 0.15) is 6.10 Å². The molecule has 2 nitrogen and oxygen atoms in total. The average Bonchev–Trinajstić information content (AvgIpc) is 3.22. The Hall–Kier alpha value is -0.0800. The van der Waals surface area contributed by atoms with Crippen molar-refractivity contribution in [2.75, 3.05) is 6.61 Å². The largest absolute Gasteiger partial charge is 0.394 e. The predicted octanol–water partition coefficient (Wildman–Crippen LogP) is 5.23. The van der Waals surface area contributed by atoms with Crippen LogP contribution in [0.4, 0.5) is 0 Å². The van der Waals surface area contributed by atoms with Gasteiger partial charge in [-0.1, -0.05) is 90.4 Å². The van der Waals surface area contributed by atoms with Gasteiger partial charge < -0.3 is 9.84 Å². The maximum Gasteiger partial charge on any atom is 0.107 e. The van der Waals surface area contributed by atoms with Crippen molar-refractivity contribution < 1.29 is 9.84 Å². The second-order valence-corrected chi connectivity index (χ2v) is 6.43. The lowest BCUT2D eigenvalue weighted by molar-refractivity contribution is 0.241. The highest BCUT2D eigenvalue weighted by Gasteiger charge is 2.36. The zero-order valence-corrected chi connectivity index (χ0v) is 13.6. The summed E-state index contributed by atoms with van der Waals surface area (Å²) in [4.78, 5) is 0. The number of hydrogen-bond donors (Lipinski definition) is 1. The van der Waals surface area contributed by atoms with Gasteiger partial charge >= 0.3 is 0 Å². The number of aliphatic hydroxyl groups excluding tert-OH is 1. The Labute approximate surface area is 126 Å². The maximum atomic E-state index is 8.86. The molecular formula is C18H36O2. The molecule has 2 atom stereocenters. The van der Waals surface area contributed by atoms with E-state index in [2.05, 4.69) is 6.92 Å². The van der Waals surface area contributed by atoms with Gasteiger partial charge in [0.05, 0.1) is 12.7 Å². The normalized spacial score (nSPS) is 21.3. The average molecular weight is 284 g/mol. The van der Waals surface area contributed by atoms with Crippen molar-refractivity contribution in [2.24, 2.45) is 0 Å². The first-order valence-electron chi connectivity index (χ1n) is 9.14. The summed E-state index contributed by atoms with van der Waals surface area (Å²) in [6.07, 6.45) is 20.0. The molecule has 1 aliphatic rings. The Morgan fingerprint density at radius 2 is 1.10 bits per heavy atom. The third kappa shape index (κ3) is 9.77. The summed E-state index contributed by atoms with van der Waals surface area (Å²) in [5.74, 6) is 0. The molecule has 120 valence electrons. The zero-order valence-electron chi connectivity index (χ0n) is 13.6. The quantitative estimate of drug-likeness (QED) is 0.330. The molecule has 0 spiro atoms. The van der Waals surface area contributed by atoms with E-state index in [9.17, 15) is 0 Å². The van der Waals surface area contributed by atoms with Crippen LogP contribution in [-0.4, -0.2) is 23.9 Å². The van der Waals surface area contributed by atoms with E-state index in [4.69, 9.17) is 9.84 Å². The number of hydrogen-bond acceptors (Lipinski definition) is 2. The molecule has 0 aliphatic carbocycles. The highest BCUT2D eigenvalue weighted by molar-refractivity contribution is 4.83. The maximum absolute atomic E-state index is 8.86. The number of rotatable bonds is 15. The molecule has 0 amide bonds. The van der Waals surface area contributed by atoms with E-state index < -0.39 is 0 Å². The third-order valence-corrected chi connectivity index (χ3v) is 4.46. The summed E-state index contributed by atoms with van der Waals surface area (Å²) in [7, 11) is 0. The van der Waals surface area contributed by atoms with E-state index in [1.807, 2.05) is 0 Å². The fourth-order valence-corrected chi connectivity index (χ4v) is 2.96. The fraction of sp³-hybridized carbons (Fsp3) is 1.00. The Morgan fingerprint density at radius 1 is 0.650 bits per heavy atom. The minimum absolute atomic E-state index is 0.173. The van der Waals surface area contributed by atoms with Crippen molar-refractivity contribution >= 4 is 0 Å². The lowest BCUT2D eigenvalue weighted by Gasteiger charge is -2.02. The molecule has 2 heteroatoms. The molecule has 0 radical (unpaired) electrons. The van der Waals surface area contributed by atoms with Crippen LogP contribution in [0.3, 0.4) is 0 Å². The topological polar surface area (TPSA) is 32.8 Å². The van der Waals surface area contributed by atoms with Crippen molar-refractivity contribution in [2.45, 2.75) is 109 Å². The molecule has 1 fully saturated rings. The molecular weight excluding hydrogens is 248 g/mol. The third-order valence-electron chi connectivity index (χ3n) is 4.46. The van der Waals surface area contributed by atoms with Gasteiger partial charge in [-0.15, -0.1) is 0 Å². The number of ether oxygens (including phenoxy) is 1. The first-order chi connectivity index (χ1) is 9.88. The Kier molecular flexibility index (Phi) is 11.4. The summed E-state index contributed by atoms with van der Waals surface area (Å²) in [5, 5.41) is 8.86. The van der Waals surface area contributed by atoms with E-state index in [-0.39, 0.29) is 12.7 Å². The summed E-state index contributed by atoms with van der Waals surface area (Å²) in [5.41, 5.74) is 0. The molecule has 0 saturated carbocycles. The minimum atomic E-state index is 0.173. The van der Waals surface area contributed by atoms with Gasteiger partial charge in [-0.2, -0.15) is 0 Å². The van der Waals surface area contributed by atoms with Gasteiger partial charge in [-0.05, 0) is 6.42 Å². The SMILES string of the molecule is CCCCCCCCCCCCCCC[C@H]1O[C@@H]1CO. The van der Waals surface area contributed by atoms with Gasteiger partial charge in [-0.3, -0.25) is 0 Å². The Bertz CT molecular complexity index is 206. The number of unbranched alkanes of at least 4 members (excludes halogenated alkanes) is 12. The van der Waals surface area contributed by atoms with Gasteiger partial charge in [0.25, 0.3) is 0 Å². The van der Waals surface area contributed by atoms with Crippen LogP contribution in [0, 0.1) is 0 Å². The lowest BCUT2D eigenvalue weighted by atomic mass is 10.0. The molecule has 1 rings (SSSR count). The van der Waals surface area contributed by atoms with Gasteiger partial charge in [0, 0.05) is 0 Å². The van der Waals surface area contributed by atoms with Crippen molar-refractivity contribution in [3.8, 4) is 0 Å². The fourth-order valence-electron chi connectivity index (χ4n) is 2.96. The van der Waals surface area contributed by atoms with Gasteiger partial charge in [-0.25, -0.2) is 0 Å². The second-order valence-electron chi connectivity index (χ2n) is 6.43. The van der Waals surface area contributed by atoms with Crippen LogP contribution in [0.2, 0.25) is 0 Å². The summed E-state index contributed by atoms with van der Waals surface area (Å²) in [6.45, 7) is 2.49. The van der Waals surface area contributed by atoms with Crippen LogP contribution in [0.25, 0.3) is 0 Å². The predicted molar refractivity (Wildman–Crippen MR) is 86.1 cm³/mol. The molecule has 20 heavy (non-hydrogen) atoms. The molecule has 0 aromatic rings. The zero-order chi connectivity index (χ0) is 14.5. The monoisotopic (exact) mass is 284 g/mol. The number of aliphatic hydroxyl groups is 1. The first-order valence-corrected chi connectivity index (χ1v) is 9.14. The van der Waals surface area contributed by atoms with Crippen LogP contribution >= 0.6 is 0 Å². The highest BCUT2D eigenvalue weighted by Crippen LogP contribution is 2.26. The second kappa shape index (κ2) is 12.6. The number of epoxide rings is 1. The highest BCUT2D eigenvalue weighted by atomic mass is 16.6. The summed E-state index contributed by atoms with van der Waals surface area (Å²) < 4.78 is 5.32. The molecule has 0 aromatic carbocycles. The van der Waals surface area contributed by atoms with Crippen molar-refractivity contribution in [1.82, 2.24) is 0 Å². The van der Waals surface area contributed by atoms with Crippen LogP contribution < -0.4 is 0 Å². The molecule has 0 bridgehead atoms. The Morgan fingerprint density at radius 3 is 1.50 bits per heavy atom. The first kappa shape index (κ1) is 18.0. The van der Waals surface area contributed by atoms with E-state index in [0.717, 1.165) is 6.42 Å². The molecule has 1 heterocycles. The molecule has 0 aromatic heterocycles. The molecule has 1 aliphatic heterocycles. The van der Waals surface area contributed by atoms with Crippen LogP contribution in [0.5, 0.6) is 0 Å².